The molecule has 0 fully saturated rings. The molecule has 0 saturated heterocycles. The molecule has 0 aromatic heterocycles. The fourth-order valence-electron chi connectivity index (χ4n) is 1.63. The maximum absolute atomic E-state index is 11.8. The third kappa shape index (κ3) is 6.50. The van der Waals surface area contributed by atoms with Crippen LogP contribution in [0.3, 0.4) is 0 Å². The summed E-state index contributed by atoms with van der Waals surface area (Å²) in [5.74, 6) is 1.30. The highest BCUT2D eigenvalue weighted by molar-refractivity contribution is 5.78. The molecule has 0 aliphatic heterocycles. The van der Waals surface area contributed by atoms with E-state index in [1.807, 2.05) is 0 Å². The summed E-state index contributed by atoms with van der Waals surface area (Å²) in [6.07, 6.45) is 1.82. The standard InChI is InChI=1S/C12H26N2O/c1-9(2)8-11(10(3)4)12(15)14-7-5-6-13/h9-11H,5-8,13H2,1-4H3,(H,14,15). The minimum absolute atomic E-state index is 0.141. The molecule has 0 bridgehead atoms. The molecule has 3 N–H and O–H groups in total. The minimum Gasteiger partial charge on any atom is -0.356 e. The average molecular weight is 214 g/mol. The minimum atomic E-state index is 0.141. The van der Waals surface area contributed by atoms with Crippen LogP contribution in [-0.2, 0) is 4.79 Å². The largest absolute Gasteiger partial charge is 0.356 e. The first-order valence-electron chi connectivity index (χ1n) is 5.96. The van der Waals surface area contributed by atoms with E-state index in [-0.39, 0.29) is 11.8 Å². The smallest absolute Gasteiger partial charge is 0.223 e. The van der Waals surface area contributed by atoms with Gasteiger partial charge in [-0.15, -0.1) is 0 Å². The van der Waals surface area contributed by atoms with Crippen molar-refractivity contribution >= 4 is 5.91 Å². The van der Waals surface area contributed by atoms with E-state index in [0.717, 1.165) is 12.8 Å². The number of carbonyl (C=O) groups is 1. The molecule has 90 valence electrons. The maximum Gasteiger partial charge on any atom is 0.223 e. The first-order chi connectivity index (χ1) is 6.99. The van der Waals surface area contributed by atoms with E-state index < -0.39 is 0 Å². The van der Waals surface area contributed by atoms with Crippen molar-refractivity contribution < 1.29 is 4.79 Å². The average Bonchev–Trinajstić information content (AvgIpc) is 2.13. The second-order valence-corrected chi connectivity index (χ2v) is 4.91. The number of rotatable bonds is 7. The topological polar surface area (TPSA) is 55.1 Å². The van der Waals surface area contributed by atoms with Gasteiger partial charge in [0.1, 0.15) is 0 Å². The van der Waals surface area contributed by atoms with Crippen molar-refractivity contribution in [1.82, 2.24) is 5.32 Å². The van der Waals surface area contributed by atoms with Crippen molar-refractivity contribution in [1.29, 1.82) is 0 Å². The molecular formula is C12H26N2O. The van der Waals surface area contributed by atoms with Gasteiger partial charge in [-0.2, -0.15) is 0 Å². The molecule has 3 heteroatoms. The van der Waals surface area contributed by atoms with Gasteiger partial charge in [-0.1, -0.05) is 27.7 Å². The molecule has 15 heavy (non-hydrogen) atoms. The normalized spacial score (nSPS) is 13.3. The molecule has 0 aliphatic carbocycles. The summed E-state index contributed by atoms with van der Waals surface area (Å²) in [5.41, 5.74) is 5.38. The van der Waals surface area contributed by atoms with Gasteiger partial charge in [-0.05, 0) is 31.2 Å². The molecule has 0 heterocycles. The van der Waals surface area contributed by atoms with Gasteiger partial charge in [-0.25, -0.2) is 0 Å². The van der Waals surface area contributed by atoms with Crippen LogP contribution in [0.25, 0.3) is 0 Å². The number of carbonyl (C=O) groups excluding carboxylic acids is 1. The Hall–Kier alpha value is -0.570. The van der Waals surface area contributed by atoms with Crippen molar-refractivity contribution in [3.05, 3.63) is 0 Å². The SMILES string of the molecule is CC(C)CC(C(=O)NCCCN)C(C)C. The summed E-state index contributed by atoms with van der Waals surface area (Å²) in [5, 5.41) is 2.95. The zero-order chi connectivity index (χ0) is 11.8. The van der Waals surface area contributed by atoms with Gasteiger partial charge in [0, 0.05) is 12.5 Å². The summed E-state index contributed by atoms with van der Waals surface area (Å²) in [7, 11) is 0. The number of hydrogen-bond donors (Lipinski definition) is 2. The van der Waals surface area contributed by atoms with Crippen LogP contribution >= 0.6 is 0 Å². The molecule has 0 spiro atoms. The van der Waals surface area contributed by atoms with Crippen LogP contribution in [0.4, 0.5) is 0 Å². The molecule has 3 nitrogen and oxygen atoms in total. The highest BCUT2D eigenvalue weighted by Crippen LogP contribution is 2.20. The van der Waals surface area contributed by atoms with Crippen LogP contribution < -0.4 is 11.1 Å². The van der Waals surface area contributed by atoms with Gasteiger partial charge < -0.3 is 11.1 Å². The monoisotopic (exact) mass is 214 g/mol. The van der Waals surface area contributed by atoms with Gasteiger partial charge in [-0.3, -0.25) is 4.79 Å². The molecule has 0 saturated carbocycles. The Bertz CT molecular complexity index is 178. The Kier molecular flexibility index (Phi) is 7.39. The zero-order valence-corrected chi connectivity index (χ0v) is 10.5. The Labute approximate surface area is 93.8 Å². The lowest BCUT2D eigenvalue weighted by Crippen LogP contribution is -2.35. The van der Waals surface area contributed by atoms with E-state index in [0.29, 0.717) is 24.9 Å². The van der Waals surface area contributed by atoms with Crippen molar-refractivity contribution in [3.63, 3.8) is 0 Å². The Morgan fingerprint density at radius 1 is 1.27 bits per heavy atom. The highest BCUT2D eigenvalue weighted by atomic mass is 16.1. The molecule has 1 amide bonds. The predicted octanol–water partition coefficient (Wildman–Crippen LogP) is 1.77. The predicted molar refractivity (Wildman–Crippen MR) is 64.5 cm³/mol. The first-order valence-corrected chi connectivity index (χ1v) is 5.96. The van der Waals surface area contributed by atoms with E-state index in [9.17, 15) is 4.79 Å². The summed E-state index contributed by atoms with van der Waals surface area (Å²) in [6.45, 7) is 9.86. The number of amides is 1. The summed E-state index contributed by atoms with van der Waals surface area (Å²) >= 11 is 0. The van der Waals surface area contributed by atoms with Gasteiger partial charge >= 0.3 is 0 Å². The Morgan fingerprint density at radius 2 is 1.87 bits per heavy atom. The molecule has 0 aromatic rings. The third-order valence-corrected chi connectivity index (χ3v) is 2.55. The zero-order valence-electron chi connectivity index (χ0n) is 10.5. The number of nitrogens with two attached hydrogens (primary N) is 1. The van der Waals surface area contributed by atoms with Gasteiger partial charge in [0.25, 0.3) is 0 Å². The van der Waals surface area contributed by atoms with Crippen LogP contribution in [0.15, 0.2) is 0 Å². The van der Waals surface area contributed by atoms with Crippen molar-refractivity contribution in [2.75, 3.05) is 13.1 Å². The lowest BCUT2D eigenvalue weighted by Gasteiger charge is -2.21. The Morgan fingerprint density at radius 3 is 2.27 bits per heavy atom. The molecule has 0 rings (SSSR count). The molecule has 0 aromatic carbocycles. The molecule has 0 radical (unpaired) electrons. The van der Waals surface area contributed by atoms with Gasteiger partial charge in [0.15, 0.2) is 0 Å². The van der Waals surface area contributed by atoms with Crippen molar-refractivity contribution in [2.45, 2.75) is 40.5 Å². The van der Waals surface area contributed by atoms with E-state index in [1.165, 1.54) is 0 Å². The second kappa shape index (κ2) is 7.69. The van der Waals surface area contributed by atoms with E-state index in [2.05, 4.69) is 33.0 Å². The van der Waals surface area contributed by atoms with Crippen LogP contribution in [0, 0.1) is 17.8 Å². The van der Waals surface area contributed by atoms with Crippen LogP contribution in [0.2, 0.25) is 0 Å². The highest BCUT2D eigenvalue weighted by Gasteiger charge is 2.22. The lowest BCUT2D eigenvalue weighted by molar-refractivity contribution is -0.126. The van der Waals surface area contributed by atoms with Gasteiger partial charge in [0.2, 0.25) is 5.91 Å². The summed E-state index contributed by atoms with van der Waals surface area (Å²) in [4.78, 5) is 11.8. The van der Waals surface area contributed by atoms with E-state index in [1.54, 1.807) is 0 Å². The second-order valence-electron chi connectivity index (χ2n) is 4.91. The Balaban J connectivity index is 4.05. The number of hydrogen-bond acceptors (Lipinski definition) is 2. The fraction of sp³-hybridized carbons (Fsp3) is 0.917. The molecule has 0 aliphatic rings. The fourth-order valence-corrected chi connectivity index (χ4v) is 1.63. The van der Waals surface area contributed by atoms with Crippen LogP contribution in [0.1, 0.15) is 40.5 Å². The molecule has 1 atom stereocenters. The van der Waals surface area contributed by atoms with E-state index in [4.69, 9.17) is 5.73 Å². The lowest BCUT2D eigenvalue weighted by atomic mass is 9.87. The first kappa shape index (κ1) is 14.4. The van der Waals surface area contributed by atoms with Crippen molar-refractivity contribution in [3.8, 4) is 0 Å². The van der Waals surface area contributed by atoms with Crippen LogP contribution in [-0.4, -0.2) is 19.0 Å². The van der Waals surface area contributed by atoms with E-state index >= 15 is 0 Å². The summed E-state index contributed by atoms with van der Waals surface area (Å²) in [6, 6.07) is 0. The number of nitrogens with one attached hydrogen (secondary N) is 1. The summed E-state index contributed by atoms with van der Waals surface area (Å²) < 4.78 is 0. The molecular weight excluding hydrogens is 188 g/mol. The van der Waals surface area contributed by atoms with Crippen LogP contribution in [0.5, 0.6) is 0 Å². The maximum atomic E-state index is 11.8. The quantitative estimate of drug-likeness (QED) is 0.635. The third-order valence-electron chi connectivity index (χ3n) is 2.55. The molecule has 1 unspecified atom stereocenters. The van der Waals surface area contributed by atoms with Crippen molar-refractivity contribution in [2.24, 2.45) is 23.5 Å². The van der Waals surface area contributed by atoms with Gasteiger partial charge in [0.05, 0.1) is 0 Å².